The van der Waals surface area contributed by atoms with Gasteiger partial charge >= 0.3 is 0 Å². The van der Waals surface area contributed by atoms with Crippen molar-refractivity contribution < 1.29 is 19.6 Å². The Morgan fingerprint density at radius 1 is 1.20 bits per heavy atom. The number of nitro groups is 1. The molecule has 1 saturated heterocycles. The molecule has 0 spiro atoms. The summed E-state index contributed by atoms with van der Waals surface area (Å²) < 4.78 is 0. The highest BCUT2D eigenvalue weighted by Crippen LogP contribution is 2.28. The molecule has 2 aromatic rings. The molecule has 0 saturated carbocycles. The van der Waals surface area contributed by atoms with Crippen LogP contribution in [-0.2, 0) is 9.59 Å². The van der Waals surface area contributed by atoms with Gasteiger partial charge in [0.05, 0.1) is 10.6 Å². The first-order chi connectivity index (χ1) is 11.9. The number of phenolic OH excluding ortho intramolecular Hbond substituents is 1. The summed E-state index contributed by atoms with van der Waals surface area (Å²) in [7, 11) is 0. The number of carbonyl (C=O) groups is 2. The van der Waals surface area contributed by atoms with E-state index >= 15 is 0 Å². The Morgan fingerprint density at radius 2 is 1.96 bits per heavy atom. The van der Waals surface area contributed by atoms with Gasteiger partial charge in [-0.15, -0.1) is 0 Å². The summed E-state index contributed by atoms with van der Waals surface area (Å²) >= 11 is 5.88. The maximum atomic E-state index is 12.5. The molecule has 0 unspecified atom stereocenters. The predicted octanol–water partition coefficient (Wildman–Crippen LogP) is 2.42. The smallest absolute Gasteiger partial charge is 0.282 e. The number of phenols is 1. The Bertz CT molecular complexity index is 941. The number of benzene rings is 2. The first-order valence-electron chi connectivity index (χ1n) is 6.97. The highest BCUT2D eigenvalue weighted by Gasteiger charge is 2.34. The van der Waals surface area contributed by atoms with E-state index in [4.69, 9.17) is 11.6 Å². The molecule has 0 aliphatic carbocycles. The monoisotopic (exact) mass is 359 g/mol. The molecule has 8 nitrogen and oxygen atoms in total. The molecule has 2 aromatic carbocycles. The van der Waals surface area contributed by atoms with Gasteiger partial charge in [-0.3, -0.25) is 25.1 Å². The highest BCUT2D eigenvalue weighted by atomic mass is 35.5. The van der Waals surface area contributed by atoms with Crippen LogP contribution in [0.4, 0.5) is 11.4 Å². The molecule has 2 N–H and O–H groups in total. The second kappa shape index (κ2) is 6.25. The second-order valence-corrected chi connectivity index (χ2v) is 5.56. The van der Waals surface area contributed by atoms with Gasteiger partial charge in [0, 0.05) is 22.7 Å². The van der Waals surface area contributed by atoms with Gasteiger partial charge in [-0.25, -0.2) is 5.01 Å². The highest BCUT2D eigenvalue weighted by molar-refractivity contribution is 6.33. The zero-order chi connectivity index (χ0) is 18.1. The largest absolute Gasteiger partial charge is 0.507 e. The van der Waals surface area contributed by atoms with E-state index in [0.717, 1.165) is 29.3 Å². The Balaban J connectivity index is 1.99. The van der Waals surface area contributed by atoms with Crippen molar-refractivity contribution in [2.45, 2.75) is 0 Å². The Kier molecular flexibility index (Phi) is 4.12. The van der Waals surface area contributed by atoms with Crippen LogP contribution in [0.1, 0.15) is 5.56 Å². The summed E-state index contributed by atoms with van der Waals surface area (Å²) in [6, 6.07) is 9.62. The lowest BCUT2D eigenvalue weighted by Gasteiger charge is -2.14. The SMILES string of the molecule is O=C1NN(c2cccc(Cl)c2)C(=O)/C1=C/c1cc([N+](=O)[O-])ccc1O. The zero-order valence-corrected chi connectivity index (χ0v) is 13.2. The Morgan fingerprint density at radius 3 is 2.64 bits per heavy atom. The Labute approximate surface area is 146 Å². The normalized spacial score (nSPS) is 15.6. The number of non-ortho nitro benzene ring substituents is 1. The van der Waals surface area contributed by atoms with Crippen LogP contribution >= 0.6 is 11.6 Å². The number of amides is 2. The maximum absolute atomic E-state index is 12.5. The van der Waals surface area contributed by atoms with Crippen LogP contribution in [0.25, 0.3) is 6.08 Å². The molecular weight excluding hydrogens is 350 g/mol. The van der Waals surface area contributed by atoms with Crippen molar-refractivity contribution in [3.63, 3.8) is 0 Å². The van der Waals surface area contributed by atoms with Gasteiger partial charge < -0.3 is 5.11 Å². The van der Waals surface area contributed by atoms with Gasteiger partial charge in [-0.2, -0.15) is 0 Å². The van der Waals surface area contributed by atoms with E-state index in [1.54, 1.807) is 18.2 Å². The van der Waals surface area contributed by atoms with E-state index < -0.39 is 16.7 Å². The number of nitro benzene ring substituents is 1. The quantitative estimate of drug-likeness (QED) is 0.378. The minimum absolute atomic E-state index is 0.0133. The molecule has 9 heteroatoms. The van der Waals surface area contributed by atoms with Crippen molar-refractivity contribution in [1.29, 1.82) is 0 Å². The van der Waals surface area contributed by atoms with E-state index in [2.05, 4.69) is 5.43 Å². The summed E-state index contributed by atoms with van der Waals surface area (Å²) in [6.07, 6.45) is 1.10. The number of halogens is 1. The number of aromatic hydroxyl groups is 1. The summed E-state index contributed by atoms with van der Waals surface area (Å²) in [4.78, 5) is 34.8. The van der Waals surface area contributed by atoms with Crippen molar-refractivity contribution in [3.8, 4) is 5.75 Å². The van der Waals surface area contributed by atoms with Gasteiger partial charge in [-0.05, 0) is 30.3 Å². The van der Waals surface area contributed by atoms with E-state index in [1.165, 1.54) is 6.07 Å². The lowest BCUT2D eigenvalue weighted by Crippen LogP contribution is -2.35. The fourth-order valence-electron chi connectivity index (χ4n) is 2.28. The number of hydrogen-bond donors (Lipinski definition) is 2. The molecule has 1 aliphatic heterocycles. The van der Waals surface area contributed by atoms with Crippen LogP contribution in [0.2, 0.25) is 5.02 Å². The summed E-state index contributed by atoms with van der Waals surface area (Å²) in [6.45, 7) is 0. The standard InChI is InChI=1S/C16H10ClN3O5/c17-10-2-1-3-11(8-10)19-16(23)13(15(22)18-19)7-9-6-12(20(24)25)4-5-14(9)21/h1-8,21H,(H,18,22)/b13-7+. The van der Waals surface area contributed by atoms with E-state index in [-0.39, 0.29) is 22.6 Å². The molecule has 0 bridgehead atoms. The van der Waals surface area contributed by atoms with E-state index in [0.29, 0.717) is 10.7 Å². The van der Waals surface area contributed by atoms with E-state index in [9.17, 15) is 24.8 Å². The molecule has 0 radical (unpaired) electrons. The molecule has 3 rings (SSSR count). The molecule has 25 heavy (non-hydrogen) atoms. The summed E-state index contributed by atoms with van der Waals surface area (Å²) in [5, 5.41) is 22.1. The van der Waals surface area contributed by atoms with Crippen molar-refractivity contribution in [1.82, 2.24) is 5.43 Å². The van der Waals surface area contributed by atoms with Gasteiger partial charge in [0.25, 0.3) is 17.5 Å². The number of nitrogens with one attached hydrogen (secondary N) is 1. The molecule has 0 atom stereocenters. The molecular formula is C16H10ClN3O5. The lowest BCUT2D eigenvalue weighted by atomic mass is 10.1. The average molecular weight is 360 g/mol. The first kappa shape index (κ1) is 16.5. The molecule has 1 fully saturated rings. The van der Waals surface area contributed by atoms with Crippen molar-refractivity contribution in [2.75, 3.05) is 5.01 Å². The summed E-state index contributed by atoms with van der Waals surface area (Å²) in [5.41, 5.74) is 2.18. The molecule has 2 amide bonds. The third-order valence-electron chi connectivity index (χ3n) is 3.48. The number of anilines is 1. The first-order valence-corrected chi connectivity index (χ1v) is 7.35. The number of hydrogen-bond acceptors (Lipinski definition) is 5. The van der Waals surface area contributed by atoms with Crippen LogP contribution in [0.15, 0.2) is 48.0 Å². The van der Waals surface area contributed by atoms with Gasteiger partial charge in [-0.1, -0.05) is 17.7 Å². The number of hydrazine groups is 1. The topological polar surface area (TPSA) is 113 Å². The number of rotatable bonds is 3. The molecule has 1 heterocycles. The molecule has 126 valence electrons. The second-order valence-electron chi connectivity index (χ2n) is 5.12. The van der Waals surface area contributed by atoms with Crippen molar-refractivity contribution >= 4 is 40.9 Å². The maximum Gasteiger partial charge on any atom is 0.282 e. The number of carbonyl (C=O) groups excluding carboxylic acids is 2. The molecule has 0 aromatic heterocycles. The summed E-state index contributed by atoms with van der Waals surface area (Å²) in [5.74, 6) is -1.66. The number of nitrogens with zero attached hydrogens (tertiary/aromatic N) is 2. The molecule has 1 aliphatic rings. The van der Waals surface area contributed by atoms with Gasteiger partial charge in [0.15, 0.2) is 0 Å². The van der Waals surface area contributed by atoms with Crippen LogP contribution in [0.3, 0.4) is 0 Å². The third kappa shape index (κ3) is 3.15. The van der Waals surface area contributed by atoms with Gasteiger partial charge in [0.2, 0.25) is 0 Å². The van der Waals surface area contributed by atoms with Crippen molar-refractivity contribution in [3.05, 3.63) is 68.7 Å². The van der Waals surface area contributed by atoms with Crippen LogP contribution in [0, 0.1) is 10.1 Å². The predicted molar refractivity (Wildman–Crippen MR) is 89.8 cm³/mol. The van der Waals surface area contributed by atoms with Crippen LogP contribution in [0.5, 0.6) is 5.75 Å². The minimum atomic E-state index is -0.698. The third-order valence-corrected chi connectivity index (χ3v) is 3.71. The van der Waals surface area contributed by atoms with Gasteiger partial charge in [0.1, 0.15) is 11.3 Å². The average Bonchev–Trinajstić information content (AvgIpc) is 2.84. The minimum Gasteiger partial charge on any atom is -0.507 e. The lowest BCUT2D eigenvalue weighted by molar-refractivity contribution is -0.384. The fraction of sp³-hybridized carbons (Fsp3) is 0. The van der Waals surface area contributed by atoms with E-state index in [1.807, 2.05) is 0 Å². The van der Waals surface area contributed by atoms with Crippen LogP contribution < -0.4 is 10.4 Å². The zero-order valence-electron chi connectivity index (χ0n) is 12.5. The Hall–Kier alpha value is -3.39. The van der Waals surface area contributed by atoms with Crippen molar-refractivity contribution in [2.24, 2.45) is 0 Å². The van der Waals surface area contributed by atoms with Crippen LogP contribution in [-0.4, -0.2) is 21.8 Å². The fourth-order valence-corrected chi connectivity index (χ4v) is 2.47.